The van der Waals surface area contributed by atoms with Crippen molar-refractivity contribution in [3.63, 3.8) is 0 Å². The second-order valence-electron chi connectivity index (χ2n) is 7.52. The fourth-order valence-corrected chi connectivity index (χ4v) is 3.34. The van der Waals surface area contributed by atoms with Crippen molar-refractivity contribution in [1.82, 2.24) is 24.8 Å². The van der Waals surface area contributed by atoms with Crippen LogP contribution in [-0.2, 0) is 6.42 Å². The van der Waals surface area contributed by atoms with Gasteiger partial charge in [-0.1, -0.05) is 23.7 Å². The maximum atomic E-state index is 12.7. The van der Waals surface area contributed by atoms with E-state index in [4.69, 9.17) is 11.6 Å². The van der Waals surface area contributed by atoms with Gasteiger partial charge >= 0.3 is 0 Å². The van der Waals surface area contributed by atoms with E-state index in [9.17, 15) is 9.90 Å². The Bertz CT molecular complexity index is 1030. The van der Waals surface area contributed by atoms with Gasteiger partial charge in [-0.15, -0.1) is 0 Å². The number of aromatic nitrogens is 3. The molecule has 3 aromatic rings. The Morgan fingerprint density at radius 2 is 1.90 bits per heavy atom. The maximum Gasteiger partial charge on any atom is 0.256 e. The molecule has 0 atom stereocenters. The van der Waals surface area contributed by atoms with E-state index in [2.05, 4.69) is 20.3 Å². The number of rotatable bonds is 8. The third-order valence-electron chi connectivity index (χ3n) is 4.89. The van der Waals surface area contributed by atoms with Gasteiger partial charge in [0.1, 0.15) is 11.3 Å². The largest absolute Gasteiger partial charge is 0.492 e. The monoisotopic (exact) mass is 430 g/mol. The summed E-state index contributed by atoms with van der Waals surface area (Å²) in [5.74, 6) is -0.307. The first-order chi connectivity index (χ1) is 14.3. The zero-order valence-electron chi connectivity index (χ0n) is 17.7. The first kappa shape index (κ1) is 21.9. The van der Waals surface area contributed by atoms with Crippen molar-refractivity contribution in [3.05, 3.63) is 52.3 Å². The lowest BCUT2D eigenvalue weighted by Gasteiger charge is -2.23. The normalized spacial score (nSPS) is 11.3. The molecule has 9 heteroatoms. The number of benzene rings is 1. The van der Waals surface area contributed by atoms with Crippen LogP contribution in [0.2, 0.25) is 5.02 Å². The van der Waals surface area contributed by atoms with Gasteiger partial charge in [0.15, 0.2) is 5.65 Å². The standard InChI is InChI=1S/C21H27ClN6O2/c1-14-18(27(4)12-11-26(2)3)21(30)28-19(25-14)17(13-24-28)20(29)23-10-9-15-5-7-16(22)8-6-15/h5-8,13,30H,9-12H2,1-4H3,(H,23,29). The van der Waals surface area contributed by atoms with Gasteiger partial charge in [0.25, 0.3) is 5.91 Å². The fraction of sp³-hybridized carbons (Fsp3) is 0.381. The number of anilines is 1. The molecule has 0 aliphatic carbocycles. The third kappa shape index (κ3) is 4.83. The highest BCUT2D eigenvalue weighted by Gasteiger charge is 2.21. The van der Waals surface area contributed by atoms with Crippen LogP contribution in [0.5, 0.6) is 5.88 Å². The van der Waals surface area contributed by atoms with Crippen LogP contribution < -0.4 is 10.2 Å². The van der Waals surface area contributed by atoms with E-state index in [1.54, 1.807) is 0 Å². The number of carbonyl (C=O) groups excluding carboxylic acids is 1. The molecule has 1 aromatic carbocycles. The number of fused-ring (bicyclic) bond motifs is 1. The summed E-state index contributed by atoms with van der Waals surface area (Å²) in [6.45, 7) is 3.83. The number of aryl methyl sites for hydroxylation is 1. The SMILES string of the molecule is Cc1nc2c(C(=O)NCCc3ccc(Cl)cc3)cnn2c(O)c1N(C)CCN(C)C. The Morgan fingerprint density at radius 1 is 1.20 bits per heavy atom. The number of likely N-dealkylation sites (N-methyl/N-ethyl adjacent to an activating group) is 2. The molecule has 3 rings (SSSR count). The molecule has 1 amide bonds. The van der Waals surface area contributed by atoms with Crippen molar-refractivity contribution in [3.8, 4) is 5.88 Å². The molecule has 8 nitrogen and oxygen atoms in total. The molecule has 0 saturated carbocycles. The molecule has 0 aliphatic rings. The average molecular weight is 431 g/mol. The predicted molar refractivity (Wildman–Crippen MR) is 119 cm³/mol. The number of hydrogen-bond donors (Lipinski definition) is 2. The smallest absolute Gasteiger partial charge is 0.256 e. The maximum absolute atomic E-state index is 12.7. The molecule has 2 N–H and O–H groups in total. The van der Waals surface area contributed by atoms with Crippen LogP contribution in [0.15, 0.2) is 30.5 Å². The zero-order chi connectivity index (χ0) is 21.8. The number of aromatic hydroxyl groups is 1. The van der Waals surface area contributed by atoms with Crippen molar-refractivity contribution in [2.45, 2.75) is 13.3 Å². The Balaban J connectivity index is 1.75. The minimum absolute atomic E-state index is 0.0287. The Labute approximate surface area is 181 Å². The van der Waals surface area contributed by atoms with Gasteiger partial charge in [0, 0.05) is 31.7 Å². The summed E-state index contributed by atoms with van der Waals surface area (Å²) >= 11 is 5.90. The van der Waals surface area contributed by atoms with Crippen LogP contribution >= 0.6 is 11.6 Å². The summed E-state index contributed by atoms with van der Waals surface area (Å²) < 4.78 is 1.31. The van der Waals surface area contributed by atoms with Crippen molar-refractivity contribution in [2.75, 3.05) is 45.7 Å². The van der Waals surface area contributed by atoms with E-state index in [0.717, 1.165) is 12.1 Å². The summed E-state index contributed by atoms with van der Waals surface area (Å²) in [4.78, 5) is 21.2. The minimum atomic E-state index is -0.279. The molecule has 0 radical (unpaired) electrons. The lowest BCUT2D eigenvalue weighted by Crippen LogP contribution is -2.29. The van der Waals surface area contributed by atoms with Crippen LogP contribution in [-0.4, -0.2) is 71.3 Å². The first-order valence-corrected chi connectivity index (χ1v) is 10.1. The molecule has 2 aromatic heterocycles. The number of halogens is 1. The Kier molecular flexibility index (Phi) is 6.79. The summed E-state index contributed by atoms with van der Waals surface area (Å²) in [5, 5.41) is 18.5. The van der Waals surface area contributed by atoms with Gasteiger partial charge in [0.05, 0.1) is 11.9 Å². The van der Waals surface area contributed by atoms with E-state index in [0.29, 0.717) is 47.1 Å². The van der Waals surface area contributed by atoms with Gasteiger partial charge in [0.2, 0.25) is 5.88 Å². The first-order valence-electron chi connectivity index (χ1n) is 9.73. The molecule has 0 spiro atoms. The van der Waals surface area contributed by atoms with E-state index in [-0.39, 0.29) is 11.8 Å². The van der Waals surface area contributed by atoms with E-state index >= 15 is 0 Å². The molecule has 2 heterocycles. The second-order valence-corrected chi connectivity index (χ2v) is 7.96. The van der Waals surface area contributed by atoms with Crippen molar-refractivity contribution >= 4 is 28.8 Å². The average Bonchev–Trinajstić information content (AvgIpc) is 3.12. The minimum Gasteiger partial charge on any atom is -0.492 e. The van der Waals surface area contributed by atoms with E-state index < -0.39 is 0 Å². The van der Waals surface area contributed by atoms with Crippen molar-refractivity contribution in [2.24, 2.45) is 0 Å². The van der Waals surface area contributed by atoms with E-state index in [1.807, 2.05) is 57.2 Å². The molecular formula is C21H27ClN6O2. The molecule has 0 fully saturated rings. The molecule has 0 bridgehead atoms. The number of nitrogens with one attached hydrogen (secondary N) is 1. The van der Waals surface area contributed by atoms with Gasteiger partial charge in [-0.25, -0.2) is 4.98 Å². The van der Waals surface area contributed by atoms with Crippen LogP contribution in [0.3, 0.4) is 0 Å². The van der Waals surface area contributed by atoms with Crippen molar-refractivity contribution in [1.29, 1.82) is 0 Å². The van der Waals surface area contributed by atoms with Crippen LogP contribution in [0, 0.1) is 6.92 Å². The van der Waals surface area contributed by atoms with Gasteiger partial charge in [-0.05, 0) is 45.1 Å². The Morgan fingerprint density at radius 3 is 2.57 bits per heavy atom. The summed E-state index contributed by atoms with van der Waals surface area (Å²) in [6.07, 6.45) is 2.11. The lowest BCUT2D eigenvalue weighted by atomic mass is 10.1. The highest BCUT2D eigenvalue weighted by atomic mass is 35.5. The van der Waals surface area contributed by atoms with Crippen LogP contribution in [0.4, 0.5) is 5.69 Å². The second kappa shape index (κ2) is 9.32. The number of nitrogens with zero attached hydrogens (tertiary/aromatic N) is 5. The highest BCUT2D eigenvalue weighted by Crippen LogP contribution is 2.30. The number of hydrogen-bond acceptors (Lipinski definition) is 6. The third-order valence-corrected chi connectivity index (χ3v) is 5.15. The summed E-state index contributed by atoms with van der Waals surface area (Å²) in [5.41, 5.74) is 2.97. The molecule has 30 heavy (non-hydrogen) atoms. The van der Waals surface area contributed by atoms with Crippen LogP contribution in [0.1, 0.15) is 21.6 Å². The summed E-state index contributed by atoms with van der Waals surface area (Å²) in [6, 6.07) is 7.52. The highest BCUT2D eigenvalue weighted by molar-refractivity contribution is 6.30. The number of carbonyl (C=O) groups is 1. The molecule has 0 unspecified atom stereocenters. The zero-order valence-corrected chi connectivity index (χ0v) is 18.4. The van der Waals surface area contributed by atoms with E-state index in [1.165, 1.54) is 10.7 Å². The topological polar surface area (TPSA) is 86.0 Å². The van der Waals surface area contributed by atoms with Gasteiger partial charge < -0.3 is 20.2 Å². The van der Waals surface area contributed by atoms with Crippen LogP contribution in [0.25, 0.3) is 5.65 Å². The van der Waals surface area contributed by atoms with Gasteiger partial charge in [-0.2, -0.15) is 9.61 Å². The lowest BCUT2D eigenvalue weighted by molar-refractivity contribution is 0.0955. The van der Waals surface area contributed by atoms with Gasteiger partial charge in [-0.3, -0.25) is 4.79 Å². The Hall–Kier alpha value is -2.84. The molecular weight excluding hydrogens is 404 g/mol. The number of amides is 1. The van der Waals surface area contributed by atoms with Crippen molar-refractivity contribution < 1.29 is 9.90 Å². The predicted octanol–water partition coefficient (Wildman–Crippen LogP) is 2.37. The quantitative estimate of drug-likeness (QED) is 0.570. The molecule has 160 valence electrons. The fourth-order valence-electron chi connectivity index (χ4n) is 3.21. The molecule has 0 aliphatic heterocycles. The summed E-state index contributed by atoms with van der Waals surface area (Å²) in [7, 11) is 5.88. The molecule has 0 saturated heterocycles.